The molecule has 39 heavy (non-hydrogen) atoms. The number of benzene rings is 1. The summed E-state index contributed by atoms with van der Waals surface area (Å²) in [5.41, 5.74) is 6.05. The minimum atomic E-state index is -5.08. The topological polar surface area (TPSA) is 119 Å². The first kappa shape index (κ1) is 27.8. The number of aromatic nitrogens is 2. The number of rotatable bonds is 3. The lowest BCUT2D eigenvalue weighted by Crippen LogP contribution is -2.47. The highest BCUT2D eigenvalue weighted by Gasteiger charge is 2.38. The van der Waals surface area contributed by atoms with Gasteiger partial charge in [0.15, 0.2) is 0 Å². The van der Waals surface area contributed by atoms with Gasteiger partial charge in [0.2, 0.25) is 0 Å². The maximum atomic E-state index is 12.8. The fourth-order valence-electron chi connectivity index (χ4n) is 4.38. The van der Waals surface area contributed by atoms with Gasteiger partial charge in [-0.2, -0.15) is 13.2 Å². The zero-order chi connectivity index (χ0) is 28.3. The molecular formula is C27H28F3N5O4. The van der Waals surface area contributed by atoms with E-state index in [0.29, 0.717) is 17.7 Å². The highest BCUT2D eigenvalue weighted by molar-refractivity contribution is 5.98. The molecule has 0 spiro atoms. The smallest absolute Gasteiger partial charge is 0.475 e. The minimum absolute atomic E-state index is 0.0320. The lowest BCUT2D eigenvalue weighted by Gasteiger charge is -2.32. The molecule has 206 valence electrons. The van der Waals surface area contributed by atoms with Gasteiger partial charge in [-0.1, -0.05) is 19.1 Å². The van der Waals surface area contributed by atoms with Crippen LogP contribution >= 0.6 is 0 Å². The number of nitrogens with zero attached hydrogens (tertiary/aromatic N) is 3. The van der Waals surface area contributed by atoms with Crippen molar-refractivity contribution in [1.29, 1.82) is 0 Å². The Hall–Kier alpha value is -4.19. The van der Waals surface area contributed by atoms with Crippen molar-refractivity contribution in [3.8, 4) is 22.5 Å². The average molecular weight is 544 g/mol. The molecule has 2 aliphatic heterocycles. The first-order valence-corrected chi connectivity index (χ1v) is 12.3. The van der Waals surface area contributed by atoms with Crippen molar-refractivity contribution in [2.75, 3.05) is 39.8 Å². The molecule has 0 bridgehead atoms. The summed E-state index contributed by atoms with van der Waals surface area (Å²) in [6.45, 7) is 6.08. The van der Waals surface area contributed by atoms with Crippen LogP contribution in [0.5, 0.6) is 0 Å². The number of hydrogen-bond donors (Lipinski definition) is 3. The number of alkyl halides is 3. The van der Waals surface area contributed by atoms with Crippen molar-refractivity contribution < 1.29 is 32.7 Å². The van der Waals surface area contributed by atoms with E-state index < -0.39 is 12.1 Å². The zero-order valence-corrected chi connectivity index (χ0v) is 21.4. The predicted molar refractivity (Wildman–Crippen MR) is 137 cm³/mol. The summed E-state index contributed by atoms with van der Waals surface area (Å²) in [5, 5.41) is 10.1. The fraction of sp³-hybridized carbons (Fsp3) is 0.333. The molecule has 1 saturated heterocycles. The number of aromatic amines is 1. The maximum absolute atomic E-state index is 12.8. The van der Waals surface area contributed by atoms with E-state index in [0.717, 1.165) is 54.4 Å². The number of carboxylic acids is 1. The van der Waals surface area contributed by atoms with E-state index in [1.54, 1.807) is 6.20 Å². The van der Waals surface area contributed by atoms with Gasteiger partial charge in [0.05, 0.1) is 11.3 Å². The number of amides is 2. The van der Waals surface area contributed by atoms with E-state index >= 15 is 0 Å². The molecule has 1 aromatic carbocycles. The quantitative estimate of drug-likeness (QED) is 0.465. The molecule has 0 saturated carbocycles. The lowest BCUT2D eigenvalue weighted by atomic mass is 9.99. The van der Waals surface area contributed by atoms with Crippen LogP contribution < -0.4 is 5.32 Å². The zero-order valence-electron chi connectivity index (χ0n) is 21.4. The summed E-state index contributed by atoms with van der Waals surface area (Å²) in [4.78, 5) is 46.0. The van der Waals surface area contributed by atoms with E-state index in [9.17, 15) is 22.8 Å². The number of aliphatic carboxylic acids is 1. The molecule has 3 aromatic rings. The third-order valence-electron chi connectivity index (χ3n) is 6.69. The van der Waals surface area contributed by atoms with Crippen LogP contribution in [0, 0.1) is 0 Å². The van der Waals surface area contributed by atoms with Crippen molar-refractivity contribution in [3.05, 3.63) is 65.5 Å². The number of H-pyrrole nitrogens is 1. The Bertz CT molecular complexity index is 1360. The molecule has 2 aromatic heterocycles. The fourth-order valence-corrected chi connectivity index (χ4v) is 4.38. The molecule has 9 nitrogen and oxygen atoms in total. The highest BCUT2D eigenvalue weighted by Crippen LogP contribution is 2.30. The standard InChI is InChI=1S/C25H27N5O2.C2HF3O2/c1-16-15-27-24(31)20-14-22(28-23(16)20)19-7-8-26-21(13-19)17-3-5-18(6-4-17)25(32)30-11-9-29(2)10-12-30;3-2(4,5)1(6)7/h3-8,13-14,16,28H,9-12,15H2,1-2H3,(H,27,31);(H,6,7). The molecule has 1 fully saturated rings. The Morgan fingerprint density at radius 1 is 1.03 bits per heavy atom. The summed E-state index contributed by atoms with van der Waals surface area (Å²) >= 11 is 0. The number of likely N-dealkylation sites (N-methyl/N-ethyl adjacent to an activating group) is 1. The predicted octanol–water partition coefficient (Wildman–Crippen LogP) is 3.61. The Kier molecular flexibility index (Phi) is 8.05. The molecule has 1 unspecified atom stereocenters. The van der Waals surface area contributed by atoms with Crippen molar-refractivity contribution in [2.24, 2.45) is 0 Å². The third-order valence-corrected chi connectivity index (χ3v) is 6.69. The van der Waals surface area contributed by atoms with E-state index in [1.807, 2.05) is 47.4 Å². The van der Waals surface area contributed by atoms with Crippen LogP contribution in [-0.4, -0.2) is 88.6 Å². The Morgan fingerprint density at radius 2 is 1.67 bits per heavy atom. The summed E-state index contributed by atoms with van der Waals surface area (Å²) in [5.74, 6) is -2.46. The summed E-state index contributed by atoms with van der Waals surface area (Å²) in [6, 6.07) is 13.5. The first-order valence-electron chi connectivity index (χ1n) is 12.3. The molecule has 2 amide bonds. The second kappa shape index (κ2) is 11.3. The Balaban J connectivity index is 0.000000448. The van der Waals surface area contributed by atoms with Gasteiger partial charge in [-0.05, 0) is 37.4 Å². The molecular weight excluding hydrogens is 515 g/mol. The van der Waals surface area contributed by atoms with Crippen molar-refractivity contribution in [3.63, 3.8) is 0 Å². The second-order valence-electron chi connectivity index (χ2n) is 9.53. The number of piperazine rings is 1. The van der Waals surface area contributed by atoms with Crippen LogP contribution in [0.2, 0.25) is 0 Å². The summed E-state index contributed by atoms with van der Waals surface area (Å²) < 4.78 is 31.7. The van der Waals surface area contributed by atoms with Crippen LogP contribution in [0.3, 0.4) is 0 Å². The number of nitrogens with one attached hydrogen (secondary N) is 2. The number of carboxylic acid groups (broad SMARTS) is 1. The van der Waals surface area contributed by atoms with Gasteiger partial charge in [0, 0.05) is 72.9 Å². The van der Waals surface area contributed by atoms with Crippen molar-refractivity contribution in [2.45, 2.75) is 19.0 Å². The Labute approximate surface area is 222 Å². The molecule has 1 atom stereocenters. The van der Waals surface area contributed by atoms with Crippen LogP contribution in [-0.2, 0) is 4.79 Å². The van der Waals surface area contributed by atoms with E-state index in [4.69, 9.17) is 9.90 Å². The number of hydrogen-bond acceptors (Lipinski definition) is 5. The third kappa shape index (κ3) is 6.45. The lowest BCUT2D eigenvalue weighted by molar-refractivity contribution is -0.192. The number of fused-ring (bicyclic) bond motifs is 1. The summed E-state index contributed by atoms with van der Waals surface area (Å²) in [7, 11) is 2.08. The number of halogens is 3. The SMILES string of the molecule is CC1CNC(=O)c2cc(-c3ccnc(-c4ccc(C(=O)N5CCN(C)CC5)cc4)c3)[nH]c21.O=C(O)C(F)(F)F. The van der Waals surface area contributed by atoms with Crippen molar-refractivity contribution in [1.82, 2.24) is 25.1 Å². The first-order chi connectivity index (χ1) is 18.4. The van der Waals surface area contributed by atoms with Gasteiger partial charge in [-0.3, -0.25) is 14.6 Å². The van der Waals surface area contributed by atoms with E-state index in [1.165, 1.54) is 0 Å². The molecule has 12 heteroatoms. The molecule has 4 heterocycles. The van der Waals surface area contributed by atoms with Gasteiger partial charge in [0.25, 0.3) is 11.8 Å². The van der Waals surface area contributed by atoms with E-state index in [-0.39, 0.29) is 17.7 Å². The van der Waals surface area contributed by atoms with Crippen LogP contribution in [0.25, 0.3) is 22.5 Å². The van der Waals surface area contributed by atoms with Crippen LogP contribution in [0.1, 0.15) is 39.3 Å². The molecule has 0 radical (unpaired) electrons. The number of pyridine rings is 1. The molecule has 5 rings (SSSR count). The van der Waals surface area contributed by atoms with Crippen molar-refractivity contribution >= 4 is 17.8 Å². The summed E-state index contributed by atoms with van der Waals surface area (Å²) in [6.07, 6.45) is -3.31. The number of carbonyl (C=O) groups is 3. The maximum Gasteiger partial charge on any atom is 0.490 e. The van der Waals surface area contributed by atoms with Gasteiger partial charge in [-0.15, -0.1) is 0 Å². The largest absolute Gasteiger partial charge is 0.490 e. The highest BCUT2D eigenvalue weighted by atomic mass is 19.4. The normalized spacial score (nSPS) is 17.5. The molecule has 2 aliphatic rings. The van der Waals surface area contributed by atoms with Crippen LogP contribution in [0.15, 0.2) is 48.7 Å². The van der Waals surface area contributed by atoms with E-state index in [2.05, 4.69) is 34.2 Å². The Morgan fingerprint density at radius 3 is 2.26 bits per heavy atom. The van der Waals surface area contributed by atoms with Gasteiger partial charge in [0.1, 0.15) is 0 Å². The minimum Gasteiger partial charge on any atom is -0.475 e. The van der Waals surface area contributed by atoms with Crippen LogP contribution in [0.4, 0.5) is 13.2 Å². The monoisotopic (exact) mass is 543 g/mol. The van der Waals surface area contributed by atoms with Gasteiger partial charge < -0.3 is 25.2 Å². The molecule has 3 N–H and O–H groups in total. The molecule has 0 aliphatic carbocycles. The van der Waals surface area contributed by atoms with Gasteiger partial charge in [-0.25, -0.2) is 4.79 Å². The number of carbonyl (C=O) groups excluding carboxylic acids is 2. The average Bonchev–Trinajstić information content (AvgIpc) is 3.38. The van der Waals surface area contributed by atoms with Gasteiger partial charge >= 0.3 is 12.1 Å². The second-order valence-corrected chi connectivity index (χ2v) is 9.53.